The lowest BCUT2D eigenvalue weighted by atomic mass is 10.2. The van der Waals surface area contributed by atoms with E-state index in [1.54, 1.807) is 23.1 Å². The molecule has 1 aliphatic heterocycles. The molecule has 0 bridgehead atoms. The van der Waals surface area contributed by atoms with E-state index in [1.807, 2.05) is 6.92 Å². The molecule has 0 fully saturated rings. The summed E-state index contributed by atoms with van der Waals surface area (Å²) in [6, 6.07) is 4.94. The van der Waals surface area contributed by atoms with Gasteiger partial charge in [0.1, 0.15) is 5.82 Å². The summed E-state index contributed by atoms with van der Waals surface area (Å²) >= 11 is 5.98. The predicted molar refractivity (Wildman–Crippen MR) is 91.7 cm³/mol. The Hall–Kier alpha value is -2.34. The van der Waals surface area contributed by atoms with Crippen molar-refractivity contribution in [1.29, 1.82) is 0 Å². The van der Waals surface area contributed by atoms with E-state index in [4.69, 9.17) is 16.3 Å². The van der Waals surface area contributed by atoms with Crippen molar-refractivity contribution in [3.05, 3.63) is 51.2 Å². The second-order valence-electron chi connectivity index (χ2n) is 5.66. The van der Waals surface area contributed by atoms with Gasteiger partial charge in [0.15, 0.2) is 0 Å². The summed E-state index contributed by atoms with van der Waals surface area (Å²) in [5, 5.41) is 0.990. The largest absolute Gasteiger partial charge is 0.500 e. The lowest BCUT2D eigenvalue weighted by Crippen LogP contribution is -2.33. The smallest absolute Gasteiger partial charge is 0.258 e. The fraction of sp³-hybridized carbons (Fsp3) is 0.353. The van der Waals surface area contributed by atoms with Gasteiger partial charge in [-0.1, -0.05) is 18.5 Å². The fourth-order valence-electron chi connectivity index (χ4n) is 2.69. The Balaban J connectivity index is 1.90. The van der Waals surface area contributed by atoms with Gasteiger partial charge in [-0.3, -0.25) is 9.59 Å². The Morgan fingerprint density at radius 3 is 3.00 bits per heavy atom. The number of fused-ring (bicyclic) bond motifs is 1. The van der Waals surface area contributed by atoms with Gasteiger partial charge in [0.2, 0.25) is 0 Å². The molecular weight excluding hydrogens is 330 g/mol. The number of carbonyl (C=O) groups excluding carboxylic acids is 1. The quantitative estimate of drug-likeness (QED) is 0.902. The highest BCUT2D eigenvalue weighted by molar-refractivity contribution is 6.31. The third kappa shape index (κ3) is 3.43. The van der Waals surface area contributed by atoms with Gasteiger partial charge in [-0.15, -0.1) is 0 Å². The molecule has 6 nitrogen and oxygen atoms in total. The Morgan fingerprint density at radius 1 is 1.46 bits per heavy atom. The van der Waals surface area contributed by atoms with E-state index < -0.39 is 0 Å². The van der Waals surface area contributed by atoms with Gasteiger partial charge in [0.05, 0.1) is 35.9 Å². The number of aromatic nitrogens is 2. The summed E-state index contributed by atoms with van der Waals surface area (Å²) in [6.45, 7) is 3.34. The van der Waals surface area contributed by atoms with Crippen molar-refractivity contribution in [3.63, 3.8) is 0 Å². The van der Waals surface area contributed by atoms with Gasteiger partial charge in [-0.05, 0) is 24.6 Å². The number of hydrogen-bond donors (Lipinski definition) is 1. The number of ether oxygens (including phenoxy) is 1. The molecule has 0 unspecified atom stereocenters. The highest BCUT2D eigenvalue weighted by atomic mass is 35.5. The molecule has 1 N–H and O–H groups in total. The van der Waals surface area contributed by atoms with E-state index in [2.05, 4.69) is 9.97 Å². The van der Waals surface area contributed by atoms with Gasteiger partial charge < -0.3 is 14.6 Å². The number of nitrogens with one attached hydrogen (secondary N) is 1. The van der Waals surface area contributed by atoms with Gasteiger partial charge in [-0.25, -0.2) is 4.98 Å². The number of rotatable bonds is 5. The molecule has 0 saturated heterocycles. The lowest BCUT2D eigenvalue weighted by molar-refractivity contribution is -0.128. The second kappa shape index (κ2) is 7.05. The van der Waals surface area contributed by atoms with Crippen LogP contribution in [0.3, 0.4) is 0 Å². The van der Waals surface area contributed by atoms with Crippen molar-refractivity contribution in [1.82, 2.24) is 14.9 Å². The maximum absolute atomic E-state index is 12.6. The lowest BCUT2D eigenvalue weighted by Gasteiger charge is -2.21. The van der Waals surface area contributed by atoms with Crippen molar-refractivity contribution in [3.8, 4) is 0 Å². The third-order valence-electron chi connectivity index (χ3n) is 3.83. The SMILES string of the molecule is CCCN(Cc1nc2cc(Cl)ccc2c(=O)[nH]1)C(=O)C1=COCC1. The van der Waals surface area contributed by atoms with Crippen LogP contribution in [0.4, 0.5) is 0 Å². The van der Waals surface area contributed by atoms with E-state index in [-0.39, 0.29) is 18.0 Å². The molecule has 1 aromatic carbocycles. The zero-order valence-electron chi connectivity index (χ0n) is 13.3. The van der Waals surface area contributed by atoms with E-state index >= 15 is 0 Å². The maximum atomic E-state index is 12.6. The molecule has 0 saturated carbocycles. The first kappa shape index (κ1) is 16.5. The summed E-state index contributed by atoms with van der Waals surface area (Å²) in [6.07, 6.45) is 2.93. The molecule has 1 amide bonds. The van der Waals surface area contributed by atoms with Gasteiger partial charge in [-0.2, -0.15) is 0 Å². The number of H-pyrrole nitrogens is 1. The number of nitrogens with zero attached hydrogens (tertiary/aromatic N) is 2. The summed E-state index contributed by atoms with van der Waals surface area (Å²) < 4.78 is 5.15. The van der Waals surface area contributed by atoms with Crippen LogP contribution in [0.25, 0.3) is 10.9 Å². The second-order valence-corrected chi connectivity index (χ2v) is 6.10. The van der Waals surface area contributed by atoms with Gasteiger partial charge in [0.25, 0.3) is 11.5 Å². The zero-order valence-corrected chi connectivity index (χ0v) is 14.1. The Morgan fingerprint density at radius 2 is 2.29 bits per heavy atom. The normalized spacial score (nSPS) is 13.7. The van der Waals surface area contributed by atoms with Crippen molar-refractivity contribution >= 4 is 28.4 Å². The molecule has 0 atom stereocenters. The van der Waals surface area contributed by atoms with Gasteiger partial charge >= 0.3 is 0 Å². The first-order chi connectivity index (χ1) is 11.6. The number of carbonyl (C=O) groups is 1. The van der Waals surface area contributed by atoms with Crippen LogP contribution in [0.1, 0.15) is 25.6 Å². The third-order valence-corrected chi connectivity index (χ3v) is 4.06. The van der Waals surface area contributed by atoms with Crippen molar-refractivity contribution in [2.45, 2.75) is 26.3 Å². The number of benzene rings is 1. The minimum atomic E-state index is -0.237. The average molecular weight is 348 g/mol. The molecule has 7 heteroatoms. The van der Waals surface area contributed by atoms with Crippen LogP contribution < -0.4 is 5.56 Å². The minimum Gasteiger partial charge on any atom is -0.500 e. The summed E-state index contributed by atoms with van der Waals surface area (Å²) in [5.74, 6) is 0.360. The topological polar surface area (TPSA) is 75.3 Å². The van der Waals surface area contributed by atoms with Crippen LogP contribution in [-0.2, 0) is 16.1 Å². The highest BCUT2D eigenvalue weighted by Crippen LogP contribution is 2.17. The number of aromatic amines is 1. The van der Waals surface area contributed by atoms with E-state index in [0.717, 1.165) is 6.42 Å². The molecule has 0 spiro atoms. The number of halogens is 1. The standard InChI is InChI=1S/C17H18ClN3O3/c1-2-6-21(17(23)11-5-7-24-10-11)9-15-19-14-8-12(18)3-4-13(14)16(22)20-15/h3-4,8,10H,2,5-7,9H2,1H3,(H,19,20,22). The van der Waals surface area contributed by atoms with Crippen molar-refractivity contribution < 1.29 is 9.53 Å². The van der Waals surface area contributed by atoms with E-state index in [9.17, 15) is 9.59 Å². The molecule has 0 radical (unpaired) electrons. The summed E-state index contributed by atoms with van der Waals surface area (Å²) in [7, 11) is 0. The Labute approximate surface area is 144 Å². The van der Waals surface area contributed by atoms with Crippen molar-refractivity contribution in [2.75, 3.05) is 13.2 Å². The molecule has 126 valence electrons. The first-order valence-electron chi connectivity index (χ1n) is 7.87. The molecule has 3 rings (SSSR count). The summed E-state index contributed by atoms with van der Waals surface area (Å²) in [4.78, 5) is 33.7. The predicted octanol–water partition coefficient (Wildman–Crippen LogP) is 2.62. The van der Waals surface area contributed by atoms with Crippen LogP contribution in [0.15, 0.2) is 34.8 Å². The molecule has 2 aromatic rings. The van der Waals surface area contributed by atoms with E-state index in [1.165, 1.54) is 6.26 Å². The molecule has 1 aliphatic rings. The average Bonchev–Trinajstić information content (AvgIpc) is 3.07. The Kier molecular flexibility index (Phi) is 4.85. The van der Waals surface area contributed by atoms with Gasteiger partial charge in [0, 0.05) is 18.0 Å². The molecule has 1 aromatic heterocycles. The van der Waals surface area contributed by atoms with Crippen LogP contribution in [-0.4, -0.2) is 33.9 Å². The monoisotopic (exact) mass is 347 g/mol. The highest BCUT2D eigenvalue weighted by Gasteiger charge is 2.22. The first-order valence-corrected chi connectivity index (χ1v) is 8.24. The number of hydrogen-bond acceptors (Lipinski definition) is 4. The maximum Gasteiger partial charge on any atom is 0.258 e. The van der Waals surface area contributed by atoms with Crippen LogP contribution in [0, 0.1) is 0 Å². The molecule has 24 heavy (non-hydrogen) atoms. The zero-order chi connectivity index (χ0) is 17.1. The minimum absolute atomic E-state index is 0.0804. The van der Waals surface area contributed by atoms with E-state index in [0.29, 0.717) is 46.9 Å². The van der Waals surface area contributed by atoms with Crippen LogP contribution in [0.5, 0.6) is 0 Å². The number of amides is 1. The molecule has 2 heterocycles. The van der Waals surface area contributed by atoms with Crippen LogP contribution in [0.2, 0.25) is 5.02 Å². The van der Waals surface area contributed by atoms with Crippen molar-refractivity contribution in [2.24, 2.45) is 0 Å². The molecular formula is C17H18ClN3O3. The summed E-state index contributed by atoms with van der Waals surface area (Å²) in [5.41, 5.74) is 0.933. The van der Waals surface area contributed by atoms with Crippen LogP contribution >= 0.6 is 11.6 Å². The molecule has 0 aliphatic carbocycles. The Bertz CT molecular complexity index is 860. The fourth-order valence-corrected chi connectivity index (χ4v) is 2.85.